The summed E-state index contributed by atoms with van der Waals surface area (Å²) in [5, 5.41) is 0. The highest BCUT2D eigenvalue weighted by molar-refractivity contribution is 9.10. The van der Waals surface area contributed by atoms with Crippen LogP contribution in [0.1, 0.15) is 22.3 Å². The van der Waals surface area contributed by atoms with Crippen molar-refractivity contribution < 1.29 is 0 Å². The van der Waals surface area contributed by atoms with Gasteiger partial charge in [-0.05, 0) is 61.1 Å². The second-order valence-corrected chi connectivity index (χ2v) is 9.60. The molecule has 172 valence electrons. The van der Waals surface area contributed by atoms with E-state index in [9.17, 15) is 0 Å². The van der Waals surface area contributed by atoms with Crippen LogP contribution < -0.4 is 0 Å². The van der Waals surface area contributed by atoms with Gasteiger partial charge in [-0.15, -0.1) is 0 Å². The Morgan fingerprint density at radius 3 is 1.17 bits per heavy atom. The molecule has 5 aromatic rings. The third-order valence-corrected chi connectivity index (χ3v) is 7.85. The molecular weight excluding hydrogens is 494 g/mol. The van der Waals surface area contributed by atoms with Crippen molar-refractivity contribution in [2.45, 2.75) is 27.7 Å². The molecule has 0 amide bonds. The molecule has 3 nitrogen and oxygen atoms in total. The first kappa shape index (κ1) is 23.1. The highest BCUT2D eigenvalue weighted by Crippen LogP contribution is 2.37. The zero-order valence-electron chi connectivity index (χ0n) is 20.3. The van der Waals surface area contributed by atoms with E-state index in [1.54, 1.807) is 0 Å². The molecular formula is C31H26BrN3. The minimum atomic E-state index is 0.667. The lowest BCUT2D eigenvalue weighted by molar-refractivity contribution is 1.07. The minimum absolute atomic E-state index is 0.667. The van der Waals surface area contributed by atoms with Gasteiger partial charge in [0.1, 0.15) is 0 Å². The summed E-state index contributed by atoms with van der Waals surface area (Å²) >= 11 is 3.76. The van der Waals surface area contributed by atoms with Gasteiger partial charge in [-0.25, -0.2) is 15.0 Å². The average Bonchev–Trinajstić information content (AvgIpc) is 2.92. The van der Waals surface area contributed by atoms with Crippen LogP contribution in [-0.4, -0.2) is 15.0 Å². The summed E-state index contributed by atoms with van der Waals surface area (Å²) in [5.74, 6) is 2.01. The number of aromatic nitrogens is 3. The van der Waals surface area contributed by atoms with Crippen molar-refractivity contribution in [2.24, 2.45) is 0 Å². The molecule has 0 aliphatic heterocycles. The quantitative estimate of drug-likeness (QED) is 0.238. The van der Waals surface area contributed by atoms with Crippen LogP contribution in [0.3, 0.4) is 0 Å². The van der Waals surface area contributed by atoms with E-state index >= 15 is 0 Å². The molecule has 0 aliphatic rings. The summed E-state index contributed by atoms with van der Waals surface area (Å²) in [6.45, 7) is 8.73. The summed E-state index contributed by atoms with van der Waals surface area (Å²) in [6.07, 6.45) is 0. The molecule has 0 aliphatic carbocycles. The van der Waals surface area contributed by atoms with Crippen LogP contribution in [-0.2, 0) is 0 Å². The highest BCUT2D eigenvalue weighted by Gasteiger charge is 2.16. The molecule has 4 heteroatoms. The van der Waals surface area contributed by atoms with Crippen LogP contribution in [0.2, 0.25) is 0 Å². The van der Waals surface area contributed by atoms with E-state index in [4.69, 9.17) is 15.0 Å². The Hall–Kier alpha value is -3.63. The van der Waals surface area contributed by atoms with Crippen LogP contribution in [0.5, 0.6) is 0 Å². The monoisotopic (exact) mass is 519 g/mol. The maximum absolute atomic E-state index is 4.85. The molecule has 1 aromatic heterocycles. The van der Waals surface area contributed by atoms with Crippen molar-refractivity contribution in [3.8, 4) is 45.3 Å². The van der Waals surface area contributed by atoms with E-state index in [1.807, 2.05) is 60.7 Å². The first-order chi connectivity index (χ1) is 16.9. The van der Waals surface area contributed by atoms with Crippen LogP contribution in [0.4, 0.5) is 0 Å². The van der Waals surface area contributed by atoms with E-state index in [0.29, 0.717) is 17.5 Å². The molecule has 0 saturated heterocycles. The smallest absolute Gasteiger partial charge is 0.164 e. The van der Waals surface area contributed by atoms with E-state index in [1.165, 1.54) is 37.9 Å². The first-order valence-corrected chi connectivity index (χ1v) is 12.5. The van der Waals surface area contributed by atoms with E-state index < -0.39 is 0 Å². The molecule has 4 aromatic carbocycles. The molecule has 0 atom stereocenters. The van der Waals surface area contributed by atoms with Crippen molar-refractivity contribution in [3.63, 3.8) is 0 Å². The molecule has 0 fully saturated rings. The second kappa shape index (κ2) is 9.55. The lowest BCUT2D eigenvalue weighted by Gasteiger charge is -2.18. The second-order valence-electron chi connectivity index (χ2n) is 8.80. The Morgan fingerprint density at radius 1 is 0.429 bits per heavy atom. The SMILES string of the molecule is Cc1c(C)c(-c2ccc(-c3nc(-c4ccccc4)nc(-c4ccccc4)n3)cc2)c(C)c(C)c1Br. The Balaban J connectivity index is 1.62. The molecule has 1 heterocycles. The predicted molar refractivity (Wildman–Crippen MR) is 148 cm³/mol. The maximum atomic E-state index is 4.85. The molecule has 0 spiro atoms. The minimum Gasteiger partial charge on any atom is -0.208 e. The van der Waals surface area contributed by atoms with Crippen molar-refractivity contribution in [1.82, 2.24) is 15.0 Å². The first-order valence-electron chi connectivity index (χ1n) is 11.7. The van der Waals surface area contributed by atoms with Gasteiger partial charge in [0.25, 0.3) is 0 Å². The third-order valence-electron chi connectivity index (χ3n) is 6.66. The van der Waals surface area contributed by atoms with Crippen LogP contribution >= 0.6 is 15.9 Å². The summed E-state index contributed by atoms with van der Waals surface area (Å²) in [5.41, 5.74) is 10.6. The fraction of sp³-hybridized carbons (Fsp3) is 0.129. The van der Waals surface area contributed by atoms with E-state index in [-0.39, 0.29) is 0 Å². The number of halogens is 1. The summed E-state index contributed by atoms with van der Waals surface area (Å²) < 4.78 is 1.19. The van der Waals surface area contributed by atoms with Crippen LogP contribution in [0.25, 0.3) is 45.3 Å². The van der Waals surface area contributed by atoms with Gasteiger partial charge in [0.05, 0.1) is 0 Å². The number of rotatable bonds is 4. The summed E-state index contributed by atoms with van der Waals surface area (Å²) in [7, 11) is 0. The largest absolute Gasteiger partial charge is 0.208 e. The Bertz CT molecular complexity index is 1420. The number of hydrogen-bond acceptors (Lipinski definition) is 3. The van der Waals surface area contributed by atoms with Gasteiger partial charge in [-0.1, -0.05) is 101 Å². The van der Waals surface area contributed by atoms with Crippen LogP contribution in [0, 0.1) is 27.7 Å². The summed E-state index contributed by atoms with van der Waals surface area (Å²) in [6, 6.07) is 28.7. The average molecular weight is 520 g/mol. The van der Waals surface area contributed by atoms with Gasteiger partial charge in [-0.2, -0.15) is 0 Å². The van der Waals surface area contributed by atoms with Crippen molar-refractivity contribution in [2.75, 3.05) is 0 Å². The molecule has 35 heavy (non-hydrogen) atoms. The van der Waals surface area contributed by atoms with Crippen molar-refractivity contribution in [1.29, 1.82) is 0 Å². The Kier molecular flexibility index (Phi) is 6.31. The number of benzene rings is 4. The Morgan fingerprint density at radius 2 is 0.771 bits per heavy atom. The molecule has 0 saturated carbocycles. The lowest BCUT2D eigenvalue weighted by atomic mass is 9.89. The lowest BCUT2D eigenvalue weighted by Crippen LogP contribution is -2.00. The van der Waals surface area contributed by atoms with Gasteiger partial charge in [0, 0.05) is 21.2 Å². The molecule has 5 rings (SSSR count). The molecule has 0 radical (unpaired) electrons. The fourth-order valence-corrected chi connectivity index (χ4v) is 5.02. The van der Waals surface area contributed by atoms with Crippen molar-refractivity contribution in [3.05, 3.63) is 112 Å². The van der Waals surface area contributed by atoms with Gasteiger partial charge in [-0.3, -0.25) is 0 Å². The zero-order chi connectivity index (χ0) is 24.5. The molecule has 0 N–H and O–H groups in total. The topological polar surface area (TPSA) is 38.7 Å². The number of hydrogen-bond donors (Lipinski definition) is 0. The van der Waals surface area contributed by atoms with E-state index in [0.717, 1.165) is 16.7 Å². The van der Waals surface area contributed by atoms with Gasteiger partial charge in [0.15, 0.2) is 17.5 Å². The predicted octanol–water partition coefficient (Wildman–Crippen LogP) is 8.54. The molecule has 0 unspecified atom stereocenters. The Labute approximate surface area is 215 Å². The van der Waals surface area contributed by atoms with Gasteiger partial charge < -0.3 is 0 Å². The van der Waals surface area contributed by atoms with Crippen LogP contribution in [0.15, 0.2) is 89.4 Å². The van der Waals surface area contributed by atoms with E-state index in [2.05, 4.69) is 67.9 Å². The molecule has 0 bridgehead atoms. The van der Waals surface area contributed by atoms with Gasteiger partial charge >= 0.3 is 0 Å². The van der Waals surface area contributed by atoms with Crippen molar-refractivity contribution >= 4 is 15.9 Å². The number of nitrogens with zero attached hydrogens (tertiary/aromatic N) is 3. The summed E-state index contributed by atoms with van der Waals surface area (Å²) in [4.78, 5) is 14.5. The fourth-order valence-electron chi connectivity index (χ4n) is 4.42. The third kappa shape index (κ3) is 4.42. The zero-order valence-corrected chi connectivity index (χ0v) is 21.9. The highest BCUT2D eigenvalue weighted by atomic mass is 79.9. The normalized spacial score (nSPS) is 11.0. The standard InChI is InChI=1S/C31H26BrN3/c1-19-21(3)28(32)22(4)20(2)27(19)23-15-17-26(18-16-23)31-34-29(24-11-7-5-8-12-24)33-30(35-31)25-13-9-6-10-14-25/h5-18H,1-4H3. The maximum Gasteiger partial charge on any atom is 0.164 e. The van der Waals surface area contributed by atoms with Gasteiger partial charge in [0.2, 0.25) is 0 Å².